The third-order valence-electron chi connectivity index (χ3n) is 2.33. The number of hydrogen-bond donors (Lipinski definition) is 2. The number of rotatable bonds is 8. The van der Waals surface area contributed by atoms with Gasteiger partial charge in [-0.05, 0) is 0 Å². The predicted molar refractivity (Wildman–Crippen MR) is 63.9 cm³/mol. The van der Waals surface area contributed by atoms with Crippen LogP contribution < -0.4 is 0 Å². The molecule has 0 atom stereocenters. The first kappa shape index (κ1) is 16.8. The molecule has 0 aliphatic rings. The Bertz CT molecular complexity index is 385. The Morgan fingerprint density at radius 2 is 1.12 bits per heavy atom. The van der Waals surface area contributed by atoms with Crippen LogP contribution in [0.25, 0.3) is 0 Å². The Kier molecular flexibility index (Phi) is 6.02. The van der Waals surface area contributed by atoms with E-state index in [-0.39, 0.29) is 11.5 Å². The van der Waals surface area contributed by atoms with Crippen molar-refractivity contribution in [1.82, 2.24) is 0 Å². The van der Waals surface area contributed by atoms with Gasteiger partial charge in [-0.1, -0.05) is 0 Å². The van der Waals surface area contributed by atoms with E-state index >= 15 is 0 Å². The van der Waals surface area contributed by atoms with E-state index < -0.39 is 20.2 Å². The molecule has 0 bridgehead atoms. The molecule has 0 aliphatic heterocycles. The number of hydrogen-bond acceptors (Lipinski definition) is 4. The van der Waals surface area contributed by atoms with Crippen LogP contribution in [0.1, 0.15) is 12.8 Å². The highest BCUT2D eigenvalue weighted by molar-refractivity contribution is 7.86. The van der Waals surface area contributed by atoms with Crippen molar-refractivity contribution in [3.05, 3.63) is 0 Å². The molecule has 0 unspecified atom stereocenters. The zero-order chi connectivity index (χ0) is 13.7. The Labute approximate surface area is 103 Å². The first-order chi connectivity index (χ1) is 7.41. The summed E-state index contributed by atoms with van der Waals surface area (Å²) in [5.41, 5.74) is 0. The highest BCUT2D eigenvalue weighted by Crippen LogP contribution is 2.03. The molecule has 0 amide bonds. The van der Waals surface area contributed by atoms with Gasteiger partial charge in [-0.25, -0.2) is 0 Å². The predicted octanol–water partition coefficient (Wildman–Crippen LogP) is -0.381. The maximum atomic E-state index is 10.5. The molecule has 0 aromatic heterocycles. The monoisotopic (exact) mass is 290 g/mol. The minimum absolute atomic E-state index is 0.299. The molecule has 0 saturated heterocycles. The number of nitrogens with zero attached hydrogens (tertiary/aromatic N) is 1. The van der Waals surface area contributed by atoms with Gasteiger partial charge in [0.05, 0.1) is 38.7 Å². The third kappa shape index (κ3) is 12.0. The van der Waals surface area contributed by atoms with Gasteiger partial charge in [0.1, 0.15) is 0 Å². The Balaban J connectivity index is 3.96. The standard InChI is InChI=1S/C8H19NO6S2/c1-9(2,5-3-7-16(10,11)12)6-4-8-17(13,14)15/h3-8H2,1-2H3,(H-,10,11,12,13,14,15)/p+1. The van der Waals surface area contributed by atoms with E-state index in [0.717, 1.165) is 0 Å². The molecule has 0 saturated carbocycles. The lowest BCUT2D eigenvalue weighted by molar-refractivity contribution is -0.890. The molecular formula is C8H20NO6S2+. The normalized spacial score (nSPS) is 13.9. The molecule has 17 heavy (non-hydrogen) atoms. The summed E-state index contributed by atoms with van der Waals surface area (Å²) in [7, 11) is -4.22. The van der Waals surface area contributed by atoms with Gasteiger partial charge in [0, 0.05) is 12.8 Å². The van der Waals surface area contributed by atoms with Gasteiger partial charge in [0.25, 0.3) is 20.2 Å². The van der Waals surface area contributed by atoms with Crippen LogP contribution in [0.4, 0.5) is 0 Å². The Hall–Kier alpha value is -0.220. The summed E-state index contributed by atoms with van der Waals surface area (Å²) in [5.74, 6) is -0.597. The molecule has 7 nitrogen and oxygen atoms in total. The van der Waals surface area contributed by atoms with Crippen molar-refractivity contribution in [2.24, 2.45) is 0 Å². The van der Waals surface area contributed by atoms with Crippen LogP contribution in [-0.4, -0.2) is 69.1 Å². The van der Waals surface area contributed by atoms with Crippen molar-refractivity contribution >= 4 is 20.2 Å². The second-order valence-electron chi connectivity index (χ2n) is 4.66. The minimum Gasteiger partial charge on any atom is -0.328 e. The highest BCUT2D eigenvalue weighted by Gasteiger charge is 2.17. The van der Waals surface area contributed by atoms with Crippen LogP contribution in [0.5, 0.6) is 0 Å². The SMILES string of the molecule is C[N+](C)(CCCS(=O)(=O)O)CCCS(=O)(=O)O. The molecule has 0 aliphatic carbocycles. The van der Waals surface area contributed by atoms with Crippen molar-refractivity contribution in [3.8, 4) is 0 Å². The molecule has 0 spiro atoms. The third-order valence-corrected chi connectivity index (χ3v) is 3.94. The van der Waals surface area contributed by atoms with E-state index in [9.17, 15) is 16.8 Å². The molecule has 0 aromatic rings. The summed E-state index contributed by atoms with van der Waals surface area (Å²) < 4.78 is 59.5. The van der Waals surface area contributed by atoms with Crippen LogP contribution >= 0.6 is 0 Å². The van der Waals surface area contributed by atoms with Gasteiger partial charge in [0.15, 0.2) is 0 Å². The van der Waals surface area contributed by atoms with Crippen LogP contribution in [0.3, 0.4) is 0 Å². The van der Waals surface area contributed by atoms with Gasteiger partial charge >= 0.3 is 0 Å². The average molecular weight is 290 g/mol. The molecule has 0 rings (SSSR count). The van der Waals surface area contributed by atoms with Crippen LogP contribution in [0.2, 0.25) is 0 Å². The molecular weight excluding hydrogens is 270 g/mol. The molecule has 2 N–H and O–H groups in total. The van der Waals surface area contributed by atoms with E-state index in [2.05, 4.69) is 0 Å². The molecule has 0 aromatic carbocycles. The summed E-state index contributed by atoms with van der Waals surface area (Å²) in [5, 5.41) is 0. The Morgan fingerprint density at radius 3 is 1.35 bits per heavy atom. The van der Waals surface area contributed by atoms with Gasteiger partial charge in [-0.2, -0.15) is 16.8 Å². The van der Waals surface area contributed by atoms with E-state index in [4.69, 9.17) is 9.11 Å². The topological polar surface area (TPSA) is 109 Å². The van der Waals surface area contributed by atoms with Crippen molar-refractivity contribution in [2.45, 2.75) is 12.8 Å². The summed E-state index contributed by atoms with van der Waals surface area (Å²) in [6, 6.07) is 0. The maximum absolute atomic E-state index is 10.5. The van der Waals surface area contributed by atoms with Crippen molar-refractivity contribution in [2.75, 3.05) is 38.7 Å². The first-order valence-electron chi connectivity index (χ1n) is 5.14. The molecule has 104 valence electrons. The van der Waals surface area contributed by atoms with E-state index in [1.807, 2.05) is 14.1 Å². The van der Waals surface area contributed by atoms with Crippen molar-refractivity contribution < 1.29 is 30.4 Å². The smallest absolute Gasteiger partial charge is 0.265 e. The molecule has 9 heteroatoms. The molecule has 0 heterocycles. The van der Waals surface area contributed by atoms with E-state index in [1.54, 1.807) is 0 Å². The van der Waals surface area contributed by atoms with E-state index in [1.165, 1.54) is 0 Å². The average Bonchev–Trinajstić information content (AvgIpc) is 1.96. The summed E-state index contributed by atoms with van der Waals surface area (Å²) in [6.45, 7) is 1.01. The van der Waals surface area contributed by atoms with Gasteiger partial charge in [-0.3, -0.25) is 9.11 Å². The second kappa shape index (κ2) is 6.10. The fourth-order valence-corrected chi connectivity index (χ4v) is 2.45. The van der Waals surface area contributed by atoms with Crippen molar-refractivity contribution in [1.29, 1.82) is 0 Å². The fraction of sp³-hybridized carbons (Fsp3) is 1.00. The lowest BCUT2D eigenvalue weighted by atomic mass is 10.3. The van der Waals surface area contributed by atoms with Gasteiger partial charge in [0.2, 0.25) is 0 Å². The van der Waals surface area contributed by atoms with Crippen LogP contribution in [0.15, 0.2) is 0 Å². The quantitative estimate of drug-likeness (QED) is 0.466. The zero-order valence-electron chi connectivity index (χ0n) is 10.0. The van der Waals surface area contributed by atoms with Crippen molar-refractivity contribution in [3.63, 3.8) is 0 Å². The summed E-state index contributed by atoms with van der Waals surface area (Å²) in [4.78, 5) is 0. The second-order valence-corrected chi connectivity index (χ2v) is 7.81. The minimum atomic E-state index is -3.94. The highest BCUT2D eigenvalue weighted by atomic mass is 32.2. The fourth-order valence-electron chi connectivity index (χ4n) is 1.46. The Morgan fingerprint density at radius 1 is 0.824 bits per heavy atom. The molecule has 0 radical (unpaired) electrons. The van der Waals surface area contributed by atoms with Gasteiger partial charge in [-0.15, -0.1) is 0 Å². The maximum Gasteiger partial charge on any atom is 0.265 e. The van der Waals surface area contributed by atoms with E-state index in [0.29, 0.717) is 30.4 Å². The largest absolute Gasteiger partial charge is 0.328 e. The van der Waals surface area contributed by atoms with Crippen LogP contribution in [-0.2, 0) is 20.2 Å². The lowest BCUT2D eigenvalue weighted by Gasteiger charge is -2.29. The lowest BCUT2D eigenvalue weighted by Crippen LogP contribution is -2.42. The van der Waals surface area contributed by atoms with Crippen LogP contribution in [0, 0.1) is 0 Å². The first-order valence-corrected chi connectivity index (χ1v) is 8.35. The zero-order valence-corrected chi connectivity index (χ0v) is 11.7. The summed E-state index contributed by atoms with van der Waals surface area (Å²) in [6.07, 6.45) is 0.607. The number of quaternary nitrogens is 1. The molecule has 0 fully saturated rings. The van der Waals surface area contributed by atoms with Gasteiger partial charge < -0.3 is 4.48 Å². The summed E-state index contributed by atoms with van der Waals surface area (Å²) >= 11 is 0.